The molecule has 0 N–H and O–H groups in total. The molecule has 16 heavy (non-hydrogen) atoms. The molecule has 0 heterocycles. The van der Waals surface area contributed by atoms with E-state index in [-0.39, 0.29) is 5.76 Å². The Kier molecular flexibility index (Phi) is 4.27. The molecular weight excluding hydrogens is 208 g/mol. The molecular formula is C12H12O4. The van der Waals surface area contributed by atoms with Crippen LogP contribution in [-0.4, -0.2) is 26.5 Å². The molecule has 0 saturated carbocycles. The lowest BCUT2D eigenvalue weighted by Crippen LogP contribution is -2.06. The first kappa shape index (κ1) is 12.0. The highest BCUT2D eigenvalue weighted by molar-refractivity contribution is 5.91. The van der Waals surface area contributed by atoms with Crippen molar-refractivity contribution in [1.82, 2.24) is 0 Å². The number of esters is 1. The van der Waals surface area contributed by atoms with E-state index < -0.39 is 5.97 Å². The molecule has 0 atom stereocenters. The van der Waals surface area contributed by atoms with E-state index in [2.05, 4.69) is 4.74 Å². The Morgan fingerprint density at radius 2 is 1.62 bits per heavy atom. The van der Waals surface area contributed by atoms with Crippen molar-refractivity contribution in [1.29, 1.82) is 0 Å². The fourth-order valence-electron chi connectivity index (χ4n) is 1.12. The third-order valence-corrected chi connectivity index (χ3v) is 1.98. The first-order valence-corrected chi connectivity index (χ1v) is 4.60. The van der Waals surface area contributed by atoms with Crippen LogP contribution in [0.15, 0.2) is 30.0 Å². The molecule has 0 fully saturated rings. The minimum Gasteiger partial charge on any atom is -0.490 e. The van der Waals surface area contributed by atoms with Crippen molar-refractivity contribution in [3.05, 3.63) is 41.2 Å². The van der Waals surface area contributed by atoms with E-state index in [1.165, 1.54) is 14.2 Å². The van der Waals surface area contributed by atoms with Crippen LogP contribution < -0.4 is 0 Å². The Bertz CT molecular complexity index is 404. The van der Waals surface area contributed by atoms with Crippen LogP contribution in [0.4, 0.5) is 0 Å². The molecule has 0 unspecified atom stereocenters. The number of benzene rings is 1. The number of hydrogen-bond acceptors (Lipinski definition) is 4. The maximum atomic E-state index is 11.2. The Morgan fingerprint density at radius 3 is 2.06 bits per heavy atom. The second-order valence-electron chi connectivity index (χ2n) is 2.99. The number of hydrogen-bond donors (Lipinski definition) is 0. The van der Waals surface area contributed by atoms with Gasteiger partial charge >= 0.3 is 5.97 Å². The van der Waals surface area contributed by atoms with E-state index in [1.54, 1.807) is 30.3 Å². The molecule has 0 bridgehead atoms. The van der Waals surface area contributed by atoms with Crippen molar-refractivity contribution in [3.63, 3.8) is 0 Å². The lowest BCUT2D eigenvalue weighted by atomic mass is 10.1. The van der Waals surface area contributed by atoms with Crippen LogP contribution in [0.25, 0.3) is 6.08 Å². The van der Waals surface area contributed by atoms with Crippen molar-refractivity contribution in [3.8, 4) is 0 Å². The molecule has 1 aromatic carbocycles. The second-order valence-corrected chi connectivity index (χ2v) is 2.99. The lowest BCUT2D eigenvalue weighted by molar-refractivity contribution is -0.139. The molecule has 4 nitrogen and oxygen atoms in total. The van der Waals surface area contributed by atoms with Crippen LogP contribution in [-0.2, 0) is 14.3 Å². The lowest BCUT2D eigenvalue weighted by Gasteiger charge is -2.03. The highest BCUT2D eigenvalue weighted by Crippen LogP contribution is 2.09. The van der Waals surface area contributed by atoms with Gasteiger partial charge in [0.25, 0.3) is 0 Å². The van der Waals surface area contributed by atoms with Crippen LogP contribution in [0.5, 0.6) is 0 Å². The molecule has 4 heteroatoms. The molecule has 0 radical (unpaired) electrons. The summed E-state index contributed by atoms with van der Waals surface area (Å²) >= 11 is 0. The van der Waals surface area contributed by atoms with Crippen LogP contribution in [0.3, 0.4) is 0 Å². The quantitative estimate of drug-likeness (QED) is 0.335. The number of carbonyl (C=O) groups is 2. The maximum absolute atomic E-state index is 11.2. The molecule has 1 rings (SSSR count). The van der Waals surface area contributed by atoms with Gasteiger partial charge in [-0.05, 0) is 11.6 Å². The maximum Gasteiger partial charge on any atom is 0.373 e. The van der Waals surface area contributed by atoms with E-state index in [1.807, 2.05) is 0 Å². The summed E-state index contributed by atoms with van der Waals surface area (Å²) in [5, 5.41) is 0. The Morgan fingerprint density at radius 1 is 1.06 bits per heavy atom. The van der Waals surface area contributed by atoms with Gasteiger partial charge in [0.15, 0.2) is 0 Å². The minimum atomic E-state index is -0.540. The summed E-state index contributed by atoms with van der Waals surface area (Å²) in [4.78, 5) is 21.6. The number of aldehydes is 1. The SMILES string of the molecule is COC(=O)C(=Cc1ccc(C=O)cc1)OC. The third-order valence-electron chi connectivity index (χ3n) is 1.98. The molecule has 0 amide bonds. The Balaban J connectivity index is 2.95. The van der Waals surface area contributed by atoms with Gasteiger partial charge in [-0.1, -0.05) is 24.3 Å². The summed E-state index contributed by atoms with van der Waals surface area (Å²) in [6.45, 7) is 0. The van der Waals surface area contributed by atoms with Gasteiger partial charge in [-0.2, -0.15) is 0 Å². The largest absolute Gasteiger partial charge is 0.490 e. The summed E-state index contributed by atoms with van der Waals surface area (Å²) in [6, 6.07) is 6.74. The van der Waals surface area contributed by atoms with Gasteiger partial charge in [0.2, 0.25) is 5.76 Å². The van der Waals surface area contributed by atoms with Crippen molar-refractivity contribution >= 4 is 18.3 Å². The Hall–Kier alpha value is -2.10. The summed E-state index contributed by atoms with van der Waals surface area (Å²) < 4.78 is 9.41. The summed E-state index contributed by atoms with van der Waals surface area (Å²) in [5.41, 5.74) is 1.34. The number of ether oxygens (including phenoxy) is 2. The van der Waals surface area contributed by atoms with Crippen LogP contribution >= 0.6 is 0 Å². The zero-order valence-corrected chi connectivity index (χ0v) is 9.10. The van der Waals surface area contributed by atoms with E-state index >= 15 is 0 Å². The van der Waals surface area contributed by atoms with Gasteiger partial charge in [-0.3, -0.25) is 4.79 Å². The summed E-state index contributed by atoms with van der Waals surface area (Å²) in [5.74, 6) is -0.427. The fraction of sp³-hybridized carbons (Fsp3) is 0.167. The molecule has 0 aromatic heterocycles. The van der Waals surface area contributed by atoms with Crippen molar-refractivity contribution in [2.24, 2.45) is 0 Å². The second kappa shape index (κ2) is 5.70. The van der Waals surface area contributed by atoms with Gasteiger partial charge in [0.05, 0.1) is 14.2 Å². The van der Waals surface area contributed by atoms with Crippen molar-refractivity contribution < 1.29 is 19.1 Å². The molecule has 0 aliphatic rings. The molecule has 0 saturated heterocycles. The predicted octanol–water partition coefficient (Wildman–Crippen LogP) is 1.66. The predicted molar refractivity (Wildman–Crippen MR) is 58.8 cm³/mol. The smallest absolute Gasteiger partial charge is 0.373 e. The highest BCUT2D eigenvalue weighted by Gasteiger charge is 2.08. The molecule has 0 aliphatic carbocycles. The first-order chi connectivity index (χ1) is 7.71. The van der Waals surface area contributed by atoms with Gasteiger partial charge < -0.3 is 9.47 Å². The van der Waals surface area contributed by atoms with E-state index in [9.17, 15) is 9.59 Å². The number of rotatable bonds is 4. The average molecular weight is 220 g/mol. The van der Waals surface area contributed by atoms with Gasteiger partial charge in [-0.15, -0.1) is 0 Å². The standard InChI is InChI=1S/C12H12O4/c1-15-11(12(14)16-2)7-9-3-5-10(8-13)6-4-9/h3-8H,1-2H3. The van der Waals surface area contributed by atoms with Crippen molar-refractivity contribution in [2.45, 2.75) is 0 Å². The first-order valence-electron chi connectivity index (χ1n) is 4.60. The van der Waals surface area contributed by atoms with E-state index in [4.69, 9.17) is 4.74 Å². The Labute approximate surface area is 93.5 Å². The zero-order valence-electron chi connectivity index (χ0n) is 9.10. The average Bonchev–Trinajstić information content (AvgIpc) is 2.35. The van der Waals surface area contributed by atoms with Gasteiger partial charge in [0.1, 0.15) is 6.29 Å². The van der Waals surface area contributed by atoms with Gasteiger partial charge in [-0.25, -0.2) is 4.79 Å². The fourth-order valence-corrected chi connectivity index (χ4v) is 1.12. The summed E-state index contributed by atoms with van der Waals surface area (Å²) in [6.07, 6.45) is 2.30. The molecule has 84 valence electrons. The normalized spacial score (nSPS) is 10.8. The minimum absolute atomic E-state index is 0.112. The molecule has 1 aromatic rings. The number of carbonyl (C=O) groups excluding carboxylic acids is 2. The van der Waals surface area contributed by atoms with E-state index in [0.29, 0.717) is 5.56 Å². The monoisotopic (exact) mass is 220 g/mol. The highest BCUT2D eigenvalue weighted by atomic mass is 16.6. The third kappa shape index (κ3) is 2.95. The zero-order chi connectivity index (χ0) is 12.0. The van der Waals surface area contributed by atoms with Crippen LogP contribution in [0, 0.1) is 0 Å². The van der Waals surface area contributed by atoms with Gasteiger partial charge in [0, 0.05) is 5.56 Å². The van der Waals surface area contributed by atoms with Crippen LogP contribution in [0.2, 0.25) is 0 Å². The topological polar surface area (TPSA) is 52.6 Å². The van der Waals surface area contributed by atoms with E-state index in [0.717, 1.165) is 11.8 Å². The molecule has 0 spiro atoms. The number of methoxy groups -OCH3 is 2. The van der Waals surface area contributed by atoms with Crippen molar-refractivity contribution in [2.75, 3.05) is 14.2 Å². The summed E-state index contributed by atoms with van der Waals surface area (Å²) in [7, 11) is 2.67. The molecule has 0 aliphatic heterocycles. The van der Waals surface area contributed by atoms with Crippen LogP contribution in [0.1, 0.15) is 15.9 Å².